The molecular formula is C31H46O8. The molecule has 0 aliphatic carbocycles. The van der Waals surface area contributed by atoms with Crippen LogP contribution in [0.5, 0.6) is 23.0 Å². The fourth-order valence-electron chi connectivity index (χ4n) is 3.54. The Labute approximate surface area is 233 Å². The molecule has 0 fully saturated rings. The largest absolute Gasteiger partial charge is 0.493 e. The van der Waals surface area contributed by atoms with Crippen LogP contribution in [0.2, 0.25) is 0 Å². The second kappa shape index (κ2) is 19.0. The van der Waals surface area contributed by atoms with Crippen molar-refractivity contribution in [3.8, 4) is 23.0 Å². The zero-order valence-electron chi connectivity index (χ0n) is 24.6. The van der Waals surface area contributed by atoms with E-state index in [0.29, 0.717) is 85.0 Å². The van der Waals surface area contributed by atoms with E-state index < -0.39 is 0 Å². The van der Waals surface area contributed by atoms with Crippen molar-refractivity contribution in [1.82, 2.24) is 0 Å². The second-order valence-corrected chi connectivity index (χ2v) is 9.89. The van der Waals surface area contributed by atoms with Crippen molar-refractivity contribution < 1.29 is 38.4 Å². The highest BCUT2D eigenvalue weighted by Gasteiger charge is 2.14. The van der Waals surface area contributed by atoms with E-state index in [4.69, 9.17) is 28.8 Å². The highest BCUT2D eigenvalue weighted by molar-refractivity contribution is 5.97. The lowest BCUT2D eigenvalue weighted by molar-refractivity contribution is 0.0959. The fourth-order valence-corrected chi connectivity index (χ4v) is 3.54. The average molecular weight is 547 g/mol. The highest BCUT2D eigenvalue weighted by Crippen LogP contribution is 2.30. The van der Waals surface area contributed by atoms with Crippen molar-refractivity contribution >= 4 is 11.6 Å². The van der Waals surface area contributed by atoms with Gasteiger partial charge in [-0.25, -0.2) is 0 Å². The van der Waals surface area contributed by atoms with Crippen LogP contribution in [0.3, 0.4) is 0 Å². The Hall–Kier alpha value is -3.10. The van der Waals surface area contributed by atoms with E-state index in [1.807, 2.05) is 27.7 Å². The fraction of sp³-hybridized carbons (Fsp3) is 0.548. The van der Waals surface area contributed by atoms with E-state index >= 15 is 0 Å². The first kappa shape index (κ1) is 33.9. The first-order valence-corrected chi connectivity index (χ1v) is 13.4. The molecule has 0 atom stereocenters. The lowest BCUT2D eigenvalue weighted by atomic mass is 10.0. The molecule has 0 amide bonds. The molecule has 0 aliphatic heterocycles. The summed E-state index contributed by atoms with van der Waals surface area (Å²) in [6.45, 7) is 9.75. The molecule has 39 heavy (non-hydrogen) atoms. The summed E-state index contributed by atoms with van der Waals surface area (Å²) in [6, 6.07) is 10.5. The third kappa shape index (κ3) is 13.0. The SMILES string of the molecule is COCCCOc1cc(C(=O)CC(C)C)ccc1OC.COc1ccc(C(=O)CC(C)C)cc1OCCCO. The number of carbonyl (C=O) groups is 2. The van der Waals surface area contributed by atoms with Crippen LogP contribution in [0.4, 0.5) is 0 Å². The minimum absolute atomic E-state index is 0.0777. The van der Waals surface area contributed by atoms with Gasteiger partial charge in [0.15, 0.2) is 34.6 Å². The maximum Gasteiger partial charge on any atom is 0.163 e. The van der Waals surface area contributed by atoms with Crippen molar-refractivity contribution in [1.29, 1.82) is 0 Å². The molecule has 8 nitrogen and oxygen atoms in total. The predicted molar refractivity (Wildman–Crippen MR) is 153 cm³/mol. The maximum absolute atomic E-state index is 12.1. The molecule has 0 saturated carbocycles. The summed E-state index contributed by atoms with van der Waals surface area (Å²) < 4.78 is 26.6. The third-order valence-corrected chi connectivity index (χ3v) is 5.47. The van der Waals surface area contributed by atoms with Gasteiger partial charge in [-0.3, -0.25) is 9.59 Å². The Morgan fingerprint density at radius 1 is 0.667 bits per heavy atom. The number of ketones is 2. The van der Waals surface area contributed by atoms with Gasteiger partial charge in [-0.2, -0.15) is 0 Å². The highest BCUT2D eigenvalue weighted by atomic mass is 16.5. The number of benzene rings is 2. The molecule has 1 N–H and O–H groups in total. The number of hydrogen-bond acceptors (Lipinski definition) is 8. The standard InChI is InChI=1S/C16H24O4.C15H22O4/c1-12(2)10-14(17)13-6-7-15(19-4)16(11-13)20-9-5-8-18-3;1-11(2)9-13(17)12-5-6-14(18-3)15(10-12)19-8-4-7-16/h6-7,11-12H,5,8-10H2,1-4H3;5-6,10-11,16H,4,7-9H2,1-3H3. The van der Waals surface area contributed by atoms with Gasteiger partial charge in [0.25, 0.3) is 0 Å². The third-order valence-electron chi connectivity index (χ3n) is 5.47. The Morgan fingerprint density at radius 3 is 1.46 bits per heavy atom. The van der Waals surface area contributed by atoms with Gasteiger partial charge in [-0.15, -0.1) is 0 Å². The molecule has 0 unspecified atom stereocenters. The number of carbonyl (C=O) groups excluding carboxylic acids is 2. The van der Waals surface area contributed by atoms with Crippen LogP contribution in [0.15, 0.2) is 36.4 Å². The lowest BCUT2D eigenvalue weighted by Crippen LogP contribution is -2.06. The van der Waals surface area contributed by atoms with E-state index in [-0.39, 0.29) is 18.2 Å². The molecule has 0 radical (unpaired) electrons. The number of methoxy groups -OCH3 is 3. The molecule has 0 aromatic heterocycles. The molecule has 2 rings (SSSR count). The van der Waals surface area contributed by atoms with Gasteiger partial charge in [-0.05, 0) is 48.2 Å². The van der Waals surface area contributed by atoms with Gasteiger partial charge in [-0.1, -0.05) is 27.7 Å². The zero-order valence-corrected chi connectivity index (χ0v) is 24.6. The van der Waals surface area contributed by atoms with Gasteiger partial charge in [0.2, 0.25) is 0 Å². The van der Waals surface area contributed by atoms with Gasteiger partial charge >= 0.3 is 0 Å². The molecular weight excluding hydrogens is 500 g/mol. The van der Waals surface area contributed by atoms with Crippen LogP contribution in [0.1, 0.15) is 74.1 Å². The van der Waals surface area contributed by atoms with Gasteiger partial charge in [0.05, 0.1) is 27.4 Å². The van der Waals surface area contributed by atoms with Gasteiger partial charge in [0, 0.05) is 57.1 Å². The second-order valence-electron chi connectivity index (χ2n) is 9.89. The maximum atomic E-state index is 12.1. The van der Waals surface area contributed by atoms with Crippen LogP contribution in [-0.2, 0) is 4.74 Å². The van der Waals surface area contributed by atoms with E-state index in [1.165, 1.54) is 0 Å². The Bertz CT molecular complexity index is 1000. The Balaban J connectivity index is 0.000000391. The van der Waals surface area contributed by atoms with Crippen molar-refractivity contribution in [3.05, 3.63) is 47.5 Å². The number of Topliss-reactive ketones (excluding diaryl/α,β-unsaturated/α-hetero) is 2. The first-order chi connectivity index (χ1) is 18.7. The summed E-state index contributed by atoms with van der Waals surface area (Å²) in [7, 11) is 4.81. The Morgan fingerprint density at radius 2 is 1.10 bits per heavy atom. The average Bonchev–Trinajstić information content (AvgIpc) is 2.90. The topological polar surface area (TPSA) is 101 Å². The molecule has 2 aromatic rings. The monoisotopic (exact) mass is 546 g/mol. The molecule has 8 heteroatoms. The smallest absolute Gasteiger partial charge is 0.163 e. The zero-order chi connectivity index (χ0) is 29.2. The predicted octanol–water partition coefficient (Wildman–Crippen LogP) is 6.02. The summed E-state index contributed by atoms with van der Waals surface area (Å²) >= 11 is 0. The quantitative estimate of drug-likeness (QED) is 0.190. The van der Waals surface area contributed by atoms with Crippen molar-refractivity contribution in [3.63, 3.8) is 0 Å². The number of rotatable bonds is 17. The summed E-state index contributed by atoms with van der Waals surface area (Å²) in [4.78, 5) is 24.1. The minimum atomic E-state index is 0.0777. The number of hydrogen-bond donors (Lipinski definition) is 1. The van der Waals surface area contributed by atoms with E-state index in [0.717, 1.165) is 6.42 Å². The molecule has 218 valence electrons. The van der Waals surface area contributed by atoms with Crippen LogP contribution < -0.4 is 18.9 Å². The van der Waals surface area contributed by atoms with E-state index in [1.54, 1.807) is 57.7 Å². The minimum Gasteiger partial charge on any atom is -0.493 e. The summed E-state index contributed by atoms with van der Waals surface area (Å²) in [6.07, 6.45) is 2.40. The van der Waals surface area contributed by atoms with Crippen molar-refractivity contribution in [2.75, 3.05) is 47.8 Å². The lowest BCUT2D eigenvalue weighted by Gasteiger charge is -2.12. The van der Waals surface area contributed by atoms with Crippen LogP contribution in [0, 0.1) is 11.8 Å². The molecule has 0 saturated heterocycles. The van der Waals surface area contributed by atoms with Crippen molar-refractivity contribution in [2.45, 2.75) is 53.4 Å². The molecule has 0 spiro atoms. The van der Waals surface area contributed by atoms with Gasteiger partial charge < -0.3 is 28.8 Å². The summed E-state index contributed by atoms with van der Waals surface area (Å²) in [5.74, 6) is 3.30. The first-order valence-electron chi connectivity index (χ1n) is 13.4. The normalized spacial score (nSPS) is 10.6. The summed E-state index contributed by atoms with van der Waals surface area (Å²) in [5.41, 5.74) is 1.30. The number of ether oxygens (including phenoxy) is 5. The number of aliphatic hydroxyl groups is 1. The van der Waals surface area contributed by atoms with Gasteiger partial charge in [0.1, 0.15) is 0 Å². The molecule has 2 aromatic carbocycles. The van der Waals surface area contributed by atoms with E-state index in [2.05, 4.69) is 0 Å². The van der Waals surface area contributed by atoms with Crippen LogP contribution in [-0.4, -0.2) is 64.4 Å². The Kier molecular flexibility index (Phi) is 16.6. The van der Waals surface area contributed by atoms with E-state index in [9.17, 15) is 9.59 Å². The van der Waals surface area contributed by atoms with Crippen molar-refractivity contribution in [2.24, 2.45) is 11.8 Å². The molecule has 0 bridgehead atoms. The van der Waals surface area contributed by atoms with Crippen LogP contribution >= 0.6 is 0 Å². The summed E-state index contributed by atoms with van der Waals surface area (Å²) in [5, 5.41) is 8.75. The molecule has 0 aliphatic rings. The number of aliphatic hydroxyl groups excluding tert-OH is 1. The molecule has 0 heterocycles. The van der Waals surface area contributed by atoms with Crippen LogP contribution in [0.25, 0.3) is 0 Å².